The van der Waals surface area contributed by atoms with Crippen LogP contribution in [0.2, 0.25) is 0 Å². The highest BCUT2D eigenvalue weighted by Crippen LogP contribution is 2.27. The lowest BCUT2D eigenvalue weighted by Gasteiger charge is -2.16. The van der Waals surface area contributed by atoms with Gasteiger partial charge in [-0.2, -0.15) is 4.72 Å². The Morgan fingerprint density at radius 1 is 1.45 bits per heavy atom. The number of hydrogen-bond acceptors (Lipinski definition) is 5. The predicted octanol–water partition coefficient (Wildman–Crippen LogP) is 0.865. The van der Waals surface area contributed by atoms with Gasteiger partial charge in [-0.3, -0.25) is 4.79 Å². The second-order valence-corrected chi connectivity index (χ2v) is 6.06. The predicted molar refractivity (Wildman–Crippen MR) is 72.1 cm³/mol. The van der Waals surface area contributed by atoms with Gasteiger partial charge in [0, 0.05) is 0 Å². The number of nitrogen functional groups attached to an aromatic ring is 1. The van der Waals surface area contributed by atoms with Crippen LogP contribution in [0.4, 0.5) is 10.1 Å². The van der Waals surface area contributed by atoms with Crippen LogP contribution in [-0.4, -0.2) is 27.5 Å². The van der Waals surface area contributed by atoms with Crippen LogP contribution < -0.4 is 10.5 Å². The summed E-state index contributed by atoms with van der Waals surface area (Å²) >= 11 is 0. The van der Waals surface area contributed by atoms with Gasteiger partial charge in [0.1, 0.15) is 11.9 Å². The molecular formula is C12H17FN2O4S. The van der Waals surface area contributed by atoms with Crippen molar-refractivity contribution < 1.29 is 22.3 Å². The zero-order valence-electron chi connectivity index (χ0n) is 11.7. The normalized spacial score (nSPS) is 13.1. The van der Waals surface area contributed by atoms with Gasteiger partial charge >= 0.3 is 5.97 Å². The smallest absolute Gasteiger partial charge is 0.323 e. The molecule has 0 bridgehead atoms. The molecule has 1 aromatic carbocycles. The zero-order chi connectivity index (χ0) is 15.7. The van der Waals surface area contributed by atoms with Gasteiger partial charge in [-0.05, 0) is 38.0 Å². The number of methoxy groups -OCH3 is 1. The minimum atomic E-state index is -4.01. The van der Waals surface area contributed by atoms with Crippen LogP contribution in [0.25, 0.3) is 0 Å². The largest absolute Gasteiger partial charge is 0.468 e. The third-order valence-corrected chi connectivity index (χ3v) is 4.69. The molecular weight excluding hydrogens is 287 g/mol. The Balaban J connectivity index is 3.30. The number of halogens is 1. The quantitative estimate of drug-likeness (QED) is 0.635. The maximum atomic E-state index is 13.4. The number of carbonyl (C=O) groups is 1. The van der Waals surface area contributed by atoms with Gasteiger partial charge in [-0.25, -0.2) is 12.8 Å². The molecule has 1 unspecified atom stereocenters. The molecule has 1 atom stereocenters. The van der Waals surface area contributed by atoms with Crippen LogP contribution in [0.15, 0.2) is 11.0 Å². The summed E-state index contributed by atoms with van der Waals surface area (Å²) in [5, 5.41) is 0. The van der Waals surface area contributed by atoms with Crippen LogP contribution in [0, 0.1) is 19.7 Å². The molecule has 0 saturated heterocycles. The van der Waals surface area contributed by atoms with E-state index in [2.05, 4.69) is 9.46 Å². The van der Waals surface area contributed by atoms with E-state index < -0.39 is 27.9 Å². The summed E-state index contributed by atoms with van der Waals surface area (Å²) in [5.74, 6) is -1.40. The van der Waals surface area contributed by atoms with Gasteiger partial charge in [0.05, 0.1) is 17.7 Å². The molecule has 3 N–H and O–H groups in total. The Labute approximate surface area is 117 Å². The van der Waals surface area contributed by atoms with Crippen molar-refractivity contribution in [1.29, 1.82) is 0 Å². The summed E-state index contributed by atoms with van der Waals surface area (Å²) in [7, 11) is -2.86. The molecule has 0 saturated carbocycles. The van der Waals surface area contributed by atoms with E-state index in [0.717, 1.165) is 13.2 Å². The highest BCUT2D eigenvalue weighted by Gasteiger charge is 2.27. The summed E-state index contributed by atoms with van der Waals surface area (Å²) in [4.78, 5) is 11.1. The van der Waals surface area contributed by atoms with Gasteiger partial charge in [-0.15, -0.1) is 0 Å². The van der Waals surface area contributed by atoms with Gasteiger partial charge in [0.15, 0.2) is 0 Å². The van der Waals surface area contributed by atoms with E-state index in [1.165, 1.54) is 20.8 Å². The number of ether oxygens (including phenoxy) is 1. The minimum absolute atomic E-state index is 0.104. The van der Waals surface area contributed by atoms with E-state index >= 15 is 0 Å². The average molecular weight is 304 g/mol. The molecule has 0 aromatic heterocycles. The van der Waals surface area contributed by atoms with Crippen LogP contribution >= 0.6 is 0 Å². The Morgan fingerprint density at radius 2 is 2.00 bits per heavy atom. The molecule has 0 aliphatic carbocycles. The number of anilines is 1. The summed E-state index contributed by atoms with van der Waals surface area (Å²) in [6.07, 6.45) is 0. The average Bonchev–Trinajstić information content (AvgIpc) is 2.33. The van der Waals surface area contributed by atoms with Crippen molar-refractivity contribution in [2.45, 2.75) is 31.7 Å². The summed E-state index contributed by atoms with van der Waals surface area (Å²) in [5.41, 5.74) is 5.58. The second kappa shape index (κ2) is 5.76. The van der Waals surface area contributed by atoms with Gasteiger partial charge in [0.25, 0.3) is 0 Å². The van der Waals surface area contributed by atoms with Crippen molar-refractivity contribution >= 4 is 21.7 Å². The Bertz CT molecular complexity index is 643. The Kier molecular flexibility index (Phi) is 4.72. The number of esters is 1. The standard InChI is InChI=1S/C12H17FN2O4S/c1-6-5-9(13)10(14)7(2)11(6)20(17,18)15-8(3)12(16)19-4/h5,8,15H,14H2,1-4H3. The summed E-state index contributed by atoms with van der Waals surface area (Å²) in [6.45, 7) is 4.20. The molecule has 8 heteroatoms. The minimum Gasteiger partial charge on any atom is -0.468 e. The number of aryl methyl sites for hydroxylation is 1. The maximum Gasteiger partial charge on any atom is 0.323 e. The van der Waals surface area contributed by atoms with Crippen molar-refractivity contribution in [1.82, 2.24) is 4.72 Å². The molecule has 0 fully saturated rings. The fourth-order valence-corrected chi connectivity index (χ4v) is 3.54. The van der Waals surface area contributed by atoms with Gasteiger partial charge in [0.2, 0.25) is 10.0 Å². The van der Waals surface area contributed by atoms with Crippen LogP contribution in [0.5, 0.6) is 0 Å². The topological polar surface area (TPSA) is 98.5 Å². The lowest BCUT2D eigenvalue weighted by molar-refractivity contribution is -0.142. The number of carbonyl (C=O) groups excluding carboxylic acids is 1. The molecule has 1 aromatic rings. The fraction of sp³-hybridized carbons (Fsp3) is 0.417. The fourth-order valence-electron chi connectivity index (χ4n) is 1.86. The van der Waals surface area contributed by atoms with Crippen molar-refractivity contribution in [3.8, 4) is 0 Å². The highest BCUT2D eigenvalue weighted by atomic mass is 32.2. The lowest BCUT2D eigenvalue weighted by atomic mass is 10.1. The van der Waals surface area contributed by atoms with Crippen molar-refractivity contribution in [2.75, 3.05) is 12.8 Å². The SMILES string of the molecule is COC(=O)C(C)NS(=O)(=O)c1c(C)cc(F)c(N)c1C. The summed E-state index contributed by atoms with van der Waals surface area (Å²) < 4.78 is 44.6. The molecule has 1 rings (SSSR count). The molecule has 0 radical (unpaired) electrons. The third kappa shape index (κ3) is 3.07. The molecule has 20 heavy (non-hydrogen) atoms. The molecule has 0 heterocycles. The Morgan fingerprint density at radius 3 is 2.50 bits per heavy atom. The lowest BCUT2D eigenvalue weighted by Crippen LogP contribution is -2.39. The molecule has 0 aliphatic heterocycles. The first-order valence-electron chi connectivity index (χ1n) is 5.77. The number of nitrogens with two attached hydrogens (primary N) is 1. The van der Waals surface area contributed by atoms with Crippen molar-refractivity contribution in [3.05, 3.63) is 23.0 Å². The molecule has 0 amide bonds. The molecule has 6 nitrogen and oxygen atoms in total. The highest BCUT2D eigenvalue weighted by molar-refractivity contribution is 7.89. The first-order chi connectivity index (χ1) is 9.11. The van der Waals surface area contributed by atoms with E-state index in [0.29, 0.717) is 0 Å². The summed E-state index contributed by atoms with van der Waals surface area (Å²) in [6, 6.07) is -0.0187. The van der Waals surface area contributed by atoms with E-state index in [9.17, 15) is 17.6 Å². The molecule has 0 aliphatic rings. The van der Waals surface area contributed by atoms with E-state index in [-0.39, 0.29) is 21.7 Å². The van der Waals surface area contributed by atoms with Crippen molar-refractivity contribution in [2.24, 2.45) is 0 Å². The number of benzene rings is 1. The van der Waals surface area contributed by atoms with E-state index in [1.807, 2.05) is 0 Å². The number of nitrogens with one attached hydrogen (secondary N) is 1. The molecule has 0 spiro atoms. The van der Waals surface area contributed by atoms with E-state index in [1.54, 1.807) is 0 Å². The number of sulfonamides is 1. The Hall–Kier alpha value is -1.67. The zero-order valence-corrected chi connectivity index (χ0v) is 12.5. The van der Waals surface area contributed by atoms with Crippen LogP contribution in [0.3, 0.4) is 0 Å². The number of hydrogen-bond donors (Lipinski definition) is 2. The third-order valence-electron chi connectivity index (χ3n) is 2.86. The van der Waals surface area contributed by atoms with Crippen LogP contribution in [-0.2, 0) is 19.6 Å². The second-order valence-electron chi connectivity index (χ2n) is 4.41. The van der Waals surface area contributed by atoms with Crippen LogP contribution in [0.1, 0.15) is 18.1 Å². The first-order valence-corrected chi connectivity index (χ1v) is 7.25. The maximum absolute atomic E-state index is 13.4. The van der Waals surface area contributed by atoms with Gasteiger partial charge in [-0.1, -0.05) is 0 Å². The van der Waals surface area contributed by atoms with Crippen molar-refractivity contribution in [3.63, 3.8) is 0 Å². The molecule has 112 valence electrons. The monoisotopic (exact) mass is 304 g/mol. The van der Waals surface area contributed by atoms with Gasteiger partial charge < -0.3 is 10.5 Å². The van der Waals surface area contributed by atoms with E-state index in [4.69, 9.17) is 5.73 Å². The first kappa shape index (κ1) is 16.4. The number of rotatable bonds is 4.